The number of anilines is 1. The minimum atomic E-state index is -0.403. The quantitative estimate of drug-likeness (QED) is 0.869. The van der Waals surface area contributed by atoms with Crippen LogP contribution in [-0.2, 0) is 4.74 Å². The number of benzene rings is 1. The Hall–Kier alpha value is -0.290. The first kappa shape index (κ1) is 15.1. The fraction of sp³-hybridized carbons (Fsp3) is 0.571. The molecule has 0 aliphatic heterocycles. The highest BCUT2D eigenvalue weighted by atomic mass is 79.9. The summed E-state index contributed by atoms with van der Waals surface area (Å²) < 4.78 is 6.41. The van der Waals surface area contributed by atoms with Crippen LogP contribution in [0.4, 0.5) is 5.69 Å². The van der Waals surface area contributed by atoms with Crippen molar-refractivity contribution in [1.29, 1.82) is 0 Å². The number of methoxy groups -OCH3 is 1. The first-order valence-corrected chi connectivity index (χ1v) is 7.65. The summed E-state index contributed by atoms with van der Waals surface area (Å²) >= 11 is 9.42. The summed E-state index contributed by atoms with van der Waals surface area (Å²) in [4.78, 5) is 0. The molecule has 2 rings (SSSR count). The molecule has 1 aromatic rings. The number of aliphatic hydroxyl groups is 1. The van der Waals surface area contributed by atoms with Crippen LogP contribution in [0.2, 0.25) is 5.02 Å². The Bertz CT molecular complexity index is 443. The summed E-state index contributed by atoms with van der Waals surface area (Å²) in [7, 11) is 1.71. The van der Waals surface area contributed by atoms with E-state index in [0.29, 0.717) is 5.02 Å². The van der Waals surface area contributed by atoms with Gasteiger partial charge in [-0.25, -0.2) is 0 Å². The summed E-state index contributed by atoms with van der Waals surface area (Å²) in [5.41, 5.74) is 0.537. The number of nitrogens with one attached hydrogen (secondary N) is 1. The third-order valence-corrected chi connectivity index (χ3v) is 5.05. The molecule has 2 N–H and O–H groups in total. The van der Waals surface area contributed by atoms with Gasteiger partial charge in [0.25, 0.3) is 0 Å². The second-order valence-corrected chi connectivity index (χ2v) is 6.30. The molecule has 0 spiro atoms. The Morgan fingerprint density at radius 1 is 1.53 bits per heavy atom. The fourth-order valence-electron chi connectivity index (χ4n) is 2.78. The van der Waals surface area contributed by atoms with Crippen LogP contribution < -0.4 is 5.32 Å². The topological polar surface area (TPSA) is 41.5 Å². The largest absolute Gasteiger partial charge is 0.394 e. The van der Waals surface area contributed by atoms with E-state index in [4.69, 9.17) is 16.3 Å². The lowest BCUT2D eigenvalue weighted by Crippen LogP contribution is -2.55. The van der Waals surface area contributed by atoms with Crippen molar-refractivity contribution in [2.75, 3.05) is 19.0 Å². The van der Waals surface area contributed by atoms with Crippen LogP contribution in [0.25, 0.3) is 0 Å². The Morgan fingerprint density at radius 3 is 2.95 bits per heavy atom. The molecule has 2 atom stereocenters. The van der Waals surface area contributed by atoms with Gasteiger partial charge in [0.1, 0.15) is 0 Å². The lowest BCUT2D eigenvalue weighted by molar-refractivity contribution is -0.00855. The van der Waals surface area contributed by atoms with E-state index >= 15 is 0 Å². The van der Waals surface area contributed by atoms with Crippen molar-refractivity contribution in [3.05, 3.63) is 27.7 Å². The van der Waals surface area contributed by atoms with Gasteiger partial charge in [0.05, 0.1) is 23.3 Å². The maximum Gasteiger partial charge on any atom is 0.0865 e. The average Bonchev–Trinajstić information content (AvgIpc) is 2.43. The van der Waals surface area contributed by atoms with Crippen molar-refractivity contribution >= 4 is 33.2 Å². The van der Waals surface area contributed by atoms with Crippen molar-refractivity contribution in [3.8, 4) is 0 Å². The molecule has 1 aliphatic carbocycles. The maximum absolute atomic E-state index is 9.85. The first-order chi connectivity index (χ1) is 9.11. The Labute approximate surface area is 127 Å². The lowest BCUT2D eigenvalue weighted by atomic mass is 9.79. The zero-order valence-electron chi connectivity index (χ0n) is 11.0. The molecule has 3 nitrogen and oxygen atoms in total. The molecular weight excluding hydrogens is 330 g/mol. The van der Waals surface area contributed by atoms with Crippen LogP contribution >= 0.6 is 27.5 Å². The van der Waals surface area contributed by atoms with E-state index in [2.05, 4.69) is 21.2 Å². The van der Waals surface area contributed by atoms with Gasteiger partial charge in [0.2, 0.25) is 0 Å². The van der Waals surface area contributed by atoms with Crippen molar-refractivity contribution < 1.29 is 9.84 Å². The molecule has 1 fully saturated rings. The number of halogens is 2. The second-order valence-electron chi connectivity index (χ2n) is 5.04. The molecule has 0 saturated heterocycles. The Morgan fingerprint density at radius 2 is 2.32 bits per heavy atom. The summed E-state index contributed by atoms with van der Waals surface area (Å²) in [6.07, 6.45) is 4.15. The van der Waals surface area contributed by atoms with E-state index in [-0.39, 0.29) is 12.7 Å². The van der Waals surface area contributed by atoms with E-state index in [9.17, 15) is 5.11 Å². The molecule has 1 aliphatic rings. The summed E-state index contributed by atoms with van der Waals surface area (Å²) in [6.45, 7) is 0.0613. The van der Waals surface area contributed by atoms with Crippen LogP contribution in [0, 0.1) is 0 Å². The minimum absolute atomic E-state index is 0.0284. The molecule has 0 radical (unpaired) electrons. The zero-order chi connectivity index (χ0) is 13.9. The van der Waals surface area contributed by atoms with Crippen molar-refractivity contribution in [2.45, 2.75) is 37.3 Å². The van der Waals surface area contributed by atoms with Crippen LogP contribution in [-0.4, -0.2) is 30.5 Å². The Kier molecular flexibility index (Phi) is 5.12. The third-order valence-electron chi connectivity index (χ3n) is 3.84. The van der Waals surface area contributed by atoms with Gasteiger partial charge in [0, 0.05) is 17.3 Å². The normalized spacial score (nSPS) is 27.3. The molecule has 0 amide bonds. The van der Waals surface area contributed by atoms with Crippen molar-refractivity contribution in [2.24, 2.45) is 0 Å². The lowest BCUT2D eigenvalue weighted by Gasteiger charge is -2.43. The highest BCUT2D eigenvalue weighted by Gasteiger charge is 2.40. The predicted octanol–water partition coefficient (Wildman–Crippen LogP) is 3.83. The number of ether oxygens (including phenoxy) is 1. The number of rotatable bonds is 4. The fourth-order valence-corrected chi connectivity index (χ4v) is 3.27. The number of hydrogen-bond acceptors (Lipinski definition) is 3. The van der Waals surface area contributed by atoms with Crippen LogP contribution in [0.5, 0.6) is 0 Å². The molecule has 19 heavy (non-hydrogen) atoms. The average molecular weight is 349 g/mol. The molecule has 0 heterocycles. The van der Waals surface area contributed by atoms with Crippen LogP contribution in [0.3, 0.4) is 0 Å². The smallest absolute Gasteiger partial charge is 0.0865 e. The summed E-state index contributed by atoms with van der Waals surface area (Å²) in [5, 5.41) is 14.0. The number of hydrogen-bond donors (Lipinski definition) is 2. The second kappa shape index (κ2) is 6.44. The molecule has 0 bridgehead atoms. The van der Waals surface area contributed by atoms with Gasteiger partial charge in [-0.05, 0) is 47.0 Å². The van der Waals surface area contributed by atoms with E-state index in [1.165, 1.54) is 0 Å². The van der Waals surface area contributed by atoms with E-state index in [0.717, 1.165) is 35.8 Å². The standard InChI is InChI=1S/C14H19BrClNO2/c1-19-13-4-2-3-7-14(13,9-18)17-10-5-6-12(16)11(15)8-10/h5-6,8,13,17-18H,2-4,7,9H2,1H3. The van der Waals surface area contributed by atoms with Gasteiger partial charge < -0.3 is 15.2 Å². The molecule has 106 valence electrons. The van der Waals surface area contributed by atoms with E-state index in [1.54, 1.807) is 7.11 Å². The molecular formula is C14H19BrClNO2. The van der Waals surface area contributed by atoms with Gasteiger partial charge in [-0.1, -0.05) is 24.4 Å². The highest BCUT2D eigenvalue weighted by molar-refractivity contribution is 9.10. The summed E-state index contributed by atoms with van der Waals surface area (Å²) in [5.74, 6) is 0. The molecule has 0 aromatic heterocycles. The number of aliphatic hydroxyl groups excluding tert-OH is 1. The summed E-state index contributed by atoms with van der Waals surface area (Å²) in [6, 6.07) is 5.69. The maximum atomic E-state index is 9.85. The van der Waals surface area contributed by atoms with Crippen LogP contribution in [0.1, 0.15) is 25.7 Å². The van der Waals surface area contributed by atoms with E-state index in [1.807, 2.05) is 18.2 Å². The molecule has 2 unspecified atom stereocenters. The van der Waals surface area contributed by atoms with E-state index < -0.39 is 5.54 Å². The van der Waals surface area contributed by atoms with Gasteiger partial charge in [-0.3, -0.25) is 0 Å². The predicted molar refractivity (Wildman–Crippen MR) is 81.9 cm³/mol. The first-order valence-electron chi connectivity index (χ1n) is 6.48. The van der Waals surface area contributed by atoms with Crippen molar-refractivity contribution in [3.63, 3.8) is 0 Å². The minimum Gasteiger partial charge on any atom is -0.394 e. The monoisotopic (exact) mass is 347 g/mol. The molecule has 1 aromatic carbocycles. The zero-order valence-corrected chi connectivity index (χ0v) is 13.3. The molecule has 1 saturated carbocycles. The van der Waals surface area contributed by atoms with Gasteiger partial charge in [-0.2, -0.15) is 0 Å². The van der Waals surface area contributed by atoms with Crippen LogP contribution in [0.15, 0.2) is 22.7 Å². The van der Waals surface area contributed by atoms with Gasteiger partial charge in [-0.15, -0.1) is 0 Å². The third kappa shape index (κ3) is 3.24. The highest BCUT2D eigenvalue weighted by Crippen LogP contribution is 2.35. The van der Waals surface area contributed by atoms with Gasteiger partial charge >= 0.3 is 0 Å². The molecule has 5 heteroatoms. The van der Waals surface area contributed by atoms with Crippen molar-refractivity contribution in [1.82, 2.24) is 0 Å². The Balaban J connectivity index is 2.23. The van der Waals surface area contributed by atoms with Gasteiger partial charge in [0.15, 0.2) is 0 Å². The SMILES string of the molecule is COC1CCCCC1(CO)Nc1ccc(Cl)c(Br)c1.